The summed E-state index contributed by atoms with van der Waals surface area (Å²) in [5.74, 6) is 0. The maximum Gasteiger partial charge on any atom is 0.105 e. The Balaban J connectivity index is 1.84. The third kappa shape index (κ3) is 2.03. The minimum atomic E-state index is 1.07. The van der Waals surface area contributed by atoms with Crippen LogP contribution < -0.4 is 0 Å². The van der Waals surface area contributed by atoms with E-state index in [1.54, 1.807) is 11.1 Å². The van der Waals surface area contributed by atoms with Gasteiger partial charge in [0.05, 0.1) is 28.2 Å². The van der Waals surface area contributed by atoms with Crippen LogP contribution in [-0.4, -0.2) is 37.2 Å². The molecule has 2 heteroatoms. The summed E-state index contributed by atoms with van der Waals surface area (Å²) in [5.41, 5.74) is 6.20. The predicted molar refractivity (Wildman–Crippen MR) is 100 cm³/mol. The number of benzene rings is 3. The van der Waals surface area contributed by atoms with Gasteiger partial charge in [0, 0.05) is 22.3 Å². The van der Waals surface area contributed by atoms with Gasteiger partial charge < -0.3 is 8.97 Å². The third-order valence-corrected chi connectivity index (χ3v) is 5.91. The van der Waals surface area contributed by atoms with E-state index in [0.717, 1.165) is 35.1 Å². The number of quaternary nitrogens is 2. The number of hydrogen-bond acceptors (Lipinski definition) is 0. The quantitative estimate of drug-likeness (QED) is 0.431. The molecule has 24 heavy (non-hydrogen) atoms. The lowest BCUT2D eigenvalue weighted by Gasteiger charge is -2.22. The normalized spacial score (nSPS) is 20.5. The van der Waals surface area contributed by atoms with Crippen molar-refractivity contribution in [2.24, 2.45) is 0 Å². The molecule has 0 unspecified atom stereocenters. The molecule has 0 atom stereocenters. The van der Waals surface area contributed by atoms with E-state index < -0.39 is 0 Å². The smallest absolute Gasteiger partial charge is 0.105 e. The monoisotopic (exact) mass is 318 g/mol. The molecule has 0 amide bonds. The van der Waals surface area contributed by atoms with Crippen LogP contribution >= 0.6 is 0 Å². The average Bonchev–Trinajstić information content (AvgIpc) is 2.96. The van der Waals surface area contributed by atoms with Crippen LogP contribution in [0.15, 0.2) is 36.4 Å². The molecule has 0 saturated heterocycles. The molecule has 3 aromatic rings. The maximum atomic E-state index is 2.50. The van der Waals surface area contributed by atoms with Gasteiger partial charge in [-0.15, -0.1) is 0 Å². The Labute approximate surface area is 144 Å². The molecule has 2 heterocycles. The highest BCUT2D eigenvalue weighted by Gasteiger charge is 2.31. The van der Waals surface area contributed by atoms with Gasteiger partial charge in [0.15, 0.2) is 0 Å². The van der Waals surface area contributed by atoms with Crippen molar-refractivity contribution in [3.8, 4) is 0 Å². The molecule has 122 valence electrons. The van der Waals surface area contributed by atoms with Crippen molar-refractivity contribution >= 4 is 21.5 Å². The molecule has 0 aromatic heterocycles. The van der Waals surface area contributed by atoms with Crippen LogP contribution in [0.5, 0.6) is 0 Å². The molecule has 0 radical (unpaired) electrons. The summed E-state index contributed by atoms with van der Waals surface area (Å²) in [6, 6.07) is 14.3. The van der Waals surface area contributed by atoms with Crippen LogP contribution in [0.2, 0.25) is 0 Å². The van der Waals surface area contributed by atoms with Gasteiger partial charge in [-0.1, -0.05) is 24.3 Å². The molecule has 0 spiro atoms. The van der Waals surface area contributed by atoms with Gasteiger partial charge in [-0.25, -0.2) is 0 Å². The van der Waals surface area contributed by atoms with Crippen LogP contribution in [0.25, 0.3) is 21.5 Å². The highest BCUT2D eigenvalue weighted by molar-refractivity contribution is 6.10. The minimum Gasteiger partial charge on any atom is -0.321 e. The van der Waals surface area contributed by atoms with E-state index in [-0.39, 0.29) is 0 Å². The fraction of sp³-hybridized carbons (Fsp3) is 0.364. The van der Waals surface area contributed by atoms with Crippen LogP contribution in [0, 0.1) is 0 Å². The molecule has 5 rings (SSSR count). The largest absolute Gasteiger partial charge is 0.321 e. The first-order valence-electron chi connectivity index (χ1n) is 8.94. The van der Waals surface area contributed by atoms with Crippen molar-refractivity contribution in [3.63, 3.8) is 0 Å². The van der Waals surface area contributed by atoms with Gasteiger partial charge in [0.2, 0.25) is 0 Å². The summed E-state index contributed by atoms with van der Waals surface area (Å²) >= 11 is 0. The van der Waals surface area contributed by atoms with Gasteiger partial charge in [-0.3, -0.25) is 0 Å². The van der Waals surface area contributed by atoms with E-state index in [0.29, 0.717) is 0 Å². The minimum absolute atomic E-state index is 1.07. The lowest BCUT2D eigenvalue weighted by molar-refractivity contribution is -0.910. The van der Waals surface area contributed by atoms with Crippen LogP contribution in [0.3, 0.4) is 0 Å². The molecular weight excluding hydrogens is 292 g/mol. The molecule has 2 nitrogen and oxygen atoms in total. The molecule has 2 aliphatic rings. The number of fused-ring (bicyclic) bond motifs is 6. The second-order valence-electron chi connectivity index (χ2n) is 9.21. The molecule has 2 aliphatic heterocycles. The third-order valence-electron chi connectivity index (χ3n) is 5.91. The fourth-order valence-corrected chi connectivity index (χ4v) is 4.95. The maximum absolute atomic E-state index is 2.50. The van der Waals surface area contributed by atoms with Crippen LogP contribution in [0.4, 0.5) is 0 Å². The first-order valence-corrected chi connectivity index (χ1v) is 8.94. The van der Waals surface area contributed by atoms with E-state index in [1.165, 1.54) is 32.7 Å². The van der Waals surface area contributed by atoms with Gasteiger partial charge in [-0.05, 0) is 33.7 Å². The first kappa shape index (κ1) is 14.4. The molecular formula is C22H26N2+2. The van der Waals surface area contributed by atoms with Crippen LogP contribution in [0.1, 0.15) is 22.3 Å². The topological polar surface area (TPSA) is 0 Å². The summed E-state index contributed by atoms with van der Waals surface area (Å²) in [4.78, 5) is 0. The van der Waals surface area contributed by atoms with Crippen LogP contribution in [-0.2, 0) is 26.2 Å². The zero-order chi connectivity index (χ0) is 16.7. The lowest BCUT2D eigenvalue weighted by atomic mass is 9.93. The van der Waals surface area contributed by atoms with Crippen molar-refractivity contribution in [3.05, 3.63) is 58.7 Å². The Morgan fingerprint density at radius 2 is 1.21 bits per heavy atom. The second-order valence-corrected chi connectivity index (χ2v) is 9.21. The Bertz CT molecular complexity index is 1010. The Morgan fingerprint density at radius 3 is 2.00 bits per heavy atom. The van der Waals surface area contributed by atoms with E-state index in [4.69, 9.17) is 0 Å². The Morgan fingerprint density at radius 1 is 0.625 bits per heavy atom. The van der Waals surface area contributed by atoms with Crippen molar-refractivity contribution < 1.29 is 8.97 Å². The van der Waals surface area contributed by atoms with Gasteiger partial charge in [0.25, 0.3) is 0 Å². The molecule has 0 N–H and O–H groups in total. The van der Waals surface area contributed by atoms with Gasteiger partial charge >= 0.3 is 0 Å². The summed E-state index contributed by atoms with van der Waals surface area (Å²) in [7, 11) is 9.35. The Kier molecular flexibility index (Phi) is 2.64. The summed E-state index contributed by atoms with van der Waals surface area (Å²) in [5, 5.41) is 5.78. The van der Waals surface area contributed by atoms with Gasteiger partial charge in [0.1, 0.15) is 26.2 Å². The number of nitrogens with zero attached hydrogens (tertiary/aromatic N) is 2. The zero-order valence-corrected chi connectivity index (χ0v) is 15.2. The highest BCUT2D eigenvalue weighted by Crippen LogP contribution is 2.39. The number of rotatable bonds is 0. The van der Waals surface area contributed by atoms with E-state index >= 15 is 0 Å². The van der Waals surface area contributed by atoms with Crippen molar-refractivity contribution in [2.45, 2.75) is 26.2 Å². The van der Waals surface area contributed by atoms with E-state index in [2.05, 4.69) is 64.6 Å². The summed E-state index contributed by atoms with van der Waals surface area (Å²) in [6.45, 7) is 4.60. The fourth-order valence-electron chi connectivity index (χ4n) is 4.95. The van der Waals surface area contributed by atoms with Crippen molar-refractivity contribution in [1.29, 1.82) is 0 Å². The SMILES string of the molecule is C[N+]1(C)Cc2cc3ccc4ccc5c(c4c3cc2C1)C[N+](C)(C)C5. The zero-order valence-electron chi connectivity index (χ0n) is 15.2. The molecule has 0 aliphatic carbocycles. The average molecular weight is 318 g/mol. The Hall–Kier alpha value is -1.90. The predicted octanol–water partition coefficient (Wildman–Crippen LogP) is 4.17. The van der Waals surface area contributed by atoms with E-state index in [9.17, 15) is 0 Å². The standard InChI is InChI=1S/C22H26N2/c1-23(2)12-18-9-16-7-5-15-6-8-17-11-24(3,4)14-21(17)22(15)20(16)10-19(18)13-23/h5-10H,11-14H2,1-4H3/q+2. The molecule has 0 saturated carbocycles. The van der Waals surface area contributed by atoms with E-state index in [1.807, 2.05) is 0 Å². The highest BCUT2D eigenvalue weighted by atomic mass is 15.3. The molecule has 0 fully saturated rings. The second kappa shape index (κ2) is 4.38. The van der Waals surface area contributed by atoms with Crippen molar-refractivity contribution in [1.82, 2.24) is 0 Å². The van der Waals surface area contributed by atoms with Gasteiger partial charge in [-0.2, -0.15) is 0 Å². The van der Waals surface area contributed by atoms with Crippen molar-refractivity contribution in [2.75, 3.05) is 28.2 Å². The molecule has 0 bridgehead atoms. The number of hydrogen-bond donors (Lipinski definition) is 0. The lowest BCUT2D eigenvalue weighted by Crippen LogP contribution is -2.32. The summed E-state index contributed by atoms with van der Waals surface area (Å²) < 4.78 is 2.14. The summed E-state index contributed by atoms with van der Waals surface area (Å²) in [6.07, 6.45) is 0. The first-order chi connectivity index (χ1) is 11.3. The molecule has 3 aromatic carbocycles.